The third kappa shape index (κ3) is 4.20. The molecule has 2 N–H and O–H groups in total. The number of hydrogen-bond acceptors (Lipinski definition) is 3. The highest BCUT2D eigenvalue weighted by molar-refractivity contribution is 6.04. The molecule has 0 radical (unpaired) electrons. The molecule has 1 aliphatic rings. The summed E-state index contributed by atoms with van der Waals surface area (Å²) in [6.07, 6.45) is 2.12. The van der Waals surface area contributed by atoms with E-state index in [1.807, 2.05) is 12.1 Å². The smallest absolute Gasteiger partial charge is 0.255 e. The van der Waals surface area contributed by atoms with Crippen LogP contribution in [0.3, 0.4) is 0 Å². The standard InChI is InChI=1S/C19H20N2O3/c1-24-12-13-3-2-4-15(11-13)19(23)21-16-7-5-14(6-8-16)18(22)20-17-9-10-17/h2-8,11,17H,9-10,12H2,1H3,(H,20,22)(H,21,23). The molecule has 0 spiro atoms. The fourth-order valence-electron chi connectivity index (χ4n) is 2.37. The molecule has 0 aliphatic heterocycles. The summed E-state index contributed by atoms with van der Waals surface area (Å²) in [6.45, 7) is 0.464. The number of nitrogens with one attached hydrogen (secondary N) is 2. The van der Waals surface area contributed by atoms with Gasteiger partial charge in [0.05, 0.1) is 6.61 Å². The fourth-order valence-corrected chi connectivity index (χ4v) is 2.37. The van der Waals surface area contributed by atoms with Crippen molar-refractivity contribution in [3.05, 3.63) is 65.2 Å². The Hall–Kier alpha value is -2.66. The summed E-state index contributed by atoms with van der Waals surface area (Å²) in [4.78, 5) is 24.3. The molecule has 0 unspecified atom stereocenters. The van der Waals surface area contributed by atoms with Crippen molar-refractivity contribution < 1.29 is 14.3 Å². The monoisotopic (exact) mass is 324 g/mol. The Balaban J connectivity index is 1.63. The highest BCUT2D eigenvalue weighted by Gasteiger charge is 2.23. The average molecular weight is 324 g/mol. The van der Waals surface area contributed by atoms with Gasteiger partial charge in [-0.05, 0) is 54.8 Å². The quantitative estimate of drug-likeness (QED) is 0.858. The first-order valence-electron chi connectivity index (χ1n) is 7.96. The molecule has 0 saturated heterocycles. The molecule has 5 heteroatoms. The SMILES string of the molecule is COCc1cccc(C(=O)Nc2ccc(C(=O)NC3CC3)cc2)c1. The number of benzene rings is 2. The predicted molar refractivity (Wildman–Crippen MR) is 92.0 cm³/mol. The summed E-state index contributed by atoms with van der Waals surface area (Å²) in [5.74, 6) is -0.259. The molecule has 5 nitrogen and oxygen atoms in total. The zero-order chi connectivity index (χ0) is 16.9. The van der Waals surface area contributed by atoms with Crippen LogP contribution in [0, 0.1) is 0 Å². The Morgan fingerprint density at radius 2 is 1.79 bits per heavy atom. The van der Waals surface area contributed by atoms with Gasteiger partial charge in [-0.25, -0.2) is 0 Å². The molecule has 2 aromatic rings. The van der Waals surface area contributed by atoms with Gasteiger partial charge in [0.1, 0.15) is 0 Å². The lowest BCUT2D eigenvalue weighted by Gasteiger charge is -2.08. The van der Waals surface area contributed by atoms with Crippen molar-refractivity contribution >= 4 is 17.5 Å². The summed E-state index contributed by atoms with van der Waals surface area (Å²) >= 11 is 0. The molecule has 0 aromatic heterocycles. The number of rotatable bonds is 6. The third-order valence-corrected chi connectivity index (χ3v) is 3.82. The molecule has 1 aliphatic carbocycles. The maximum absolute atomic E-state index is 12.3. The van der Waals surface area contributed by atoms with Crippen LogP contribution < -0.4 is 10.6 Å². The molecular formula is C19H20N2O3. The van der Waals surface area contributed by atoms with E-state index in [9.17, 15) is 9.59 Å². The van der Waals surface area contributed by atoms with Gasteiger partial charge in [-0.1, -0.05) is 12.1 Å². The highest BCUT2D eigenvalue weighted by Crippen LogP contribution is 2.20. The maximum atomic E-state index is 12.3. The molecule has 0 atom stereocenters. The van der Waals surface area contributed by atoms with Crippen molar-refractivity contribution in [3.63, 3.8) is 0 Å². The van der Waals surface area contributed by atoms with Gasteiger partial charge in [-0.15, -0.1) is 0 Å². The Labute approximate surface area is 141 Å². The molecule has 2 aromatic carbocycles. The van der Waals surface area contributed by atoms with Crippen molar-refractivity contribution in [1.29, 1.82) is 0 Å². The summed E-state index contributed by atoms with van der Waals surface area (Å²) in [6, 6.07) is 14.5. The number of anilines is 1. The lowest BCUT2D eigenvalue weighted by molar-refractivity contribution is 0.0950. The summed E-state index contributed by atoms with van der Waals surface area (Å²) in [5, 5.41) is 5.77. The van der Waals surface area contributed by atoms with E-state index < -0.39 is 0 Å². The Bertz CT molecular complexity index is 737. The number of amides is 2. The molecule has 2 amide bonds. The van der Waals surface area contributed by atoms with Gasteiger partial charge in [0.2, 0.25) is 0 Å². The van der Waals surface area contributed by atoms with Crippen LogP contribution in [-0.4, -0.2) is 25.0 Å². The van der Waals surface area contributed by atoms with Crippen molar-refractivity contribution in [2.45, 2.75) is 25.5 Å². The van der Waals surface area contributed by atoms with Crippen LogP contribution in [0.5, 0.6) is 0 Å². The first-order valence-corrected chi connectivity index (χ1v) is 7.96. The zero-order valence-electron chi connectivity index (χ0n) is 13.5. The predicted octanol–water partition coefficient (Wildman–Crippen LogP) is 2.98. The van der Waals surface area contributed by atoms with Crippen LogP contribution in [-0.2, 0) is 11.3 Å². The van der Waals surface area contributed by atoms with Gasteiger partial charge in [0.25, 0.3) is 11.8 Å². The lowest BCUT2D eigenvalue weighted by Crippen LogP contribution is -2.25. The van der Waals surface area contributed by atoms with Crippen LogP contribution in [0.25, 0.3) is 0 Å². The van der Waals surface area contributed by atoms with Crippen LogP contribution in [0.2, 0.25) is 0 Å². The van der Waals surface area contributed by atoms with E-state index in [0.29, 0.717) is 29.5 Å². The number of hydrogen-bond donors (Lipinski definition) is 2. The second-order valence-electron chi connectivity index (χ2n) is 5.91. The first-order chi connectivity index (χ1) is 11.7. The minimum atomic E-state index is -0.192. The number of carbonyl (C=O) groups excluding carboxylic acids is 2. The third-order valence-electron chi connectivity index (χ3n) is 3.82. The molecule has 24 heavy (non-hydrogen) atoms. The molecule has 124 valence electrons. The maximum Gasteiger partial charge on any atom is 0.255 e. The van der Waals surface area contributed by atoms with Gasteiger partial charge < -0.3 is 15.4 Å². The highest BCUT2D eigenvalue weighted by atomic mass is 16.5. The molecule has 1 saturated carbocycles. The second-order valence-corrected chi connectivity index (χ2v) is 5.91. The largest absolute Gasteiger partial charge is 0.380 e. The van der Waals surface area contributed by atoms with Gasteiger partial charge in [-0.2, -0.15) is 0 Å². The van der Waals surface area contributed by atoms with Gasteiger partial charge in [0, 0.05) is 30.0 Å². The van der Waals surface area contributed by atoms with E-state index in [0.717, 1.165) is 18.4 Å². The lowest BCUT2D eigenvalue weighted by atomic mass is 10.1. The number of ether oxygens (including phenoxy) is 1. The topological polar surface area (TPSA) is 67.4 Å². The van der Waals surface area contributed by atoms with Crippen molar-refractivity contribution in [2.24, 2.45) is 0 Å². The number of carbonyl (C=O) groups is 2. The average Bonchev–Trinajstić information content (AvgIpc) is 3.40. The van der Waals surface area contributed by atoms with Crippen LogP contribution in [0.15, 0.2) is 48.5 Å². The van der Waals surface area contributed by atoms with E-state index in [4.69, 9.17) is 4.74 Å². The van der Waals surface area contributed by atoms with E-state index in [2.05, 4.69) is 10.6 Å². The van der Waals surface area contributed by atoms with E-state index >= 15 is 0 Å². The normalized spacial score (nSPS) is 13.4. The van der Waals surface area contributed by atoms with Gasteiger partial charge in [-0.3, -0.25) is 9.59 Å². The Morgan fingerprint density at radius 3 is 2.46 bits per heavy atom. The zero-order valence-corrected chi connectivity index (χ0v) is 13.5. The Morgan fingerprint density at radius 1 is 1.04 bits per heavy atom. The van der Waals surface area contributed by atoms with Gasteiger partial charge >= 0.3 is 0 Å². The van der Waals surface area contributed by atoms with Crippen LogP contribution >= 0.6 is 0 Å². The molecule has 0 heterocycles. The van der Waals surface area contributed by atoms with Crippen molar-refractivity contribution in [3.8, 4) is 0 Å². The van der Waals surface area contributed by atoms with Crippen LogP contribution in [0.1, 0.15) is 39.1 Å². The van der Waals surface area contributed by atoms with E-state index in [-0.39, 0.29) is 11.8 Å². The molecule has 3 rings (SSSR count). The van der Waals surface area contributed by atoms with Crippen molar-refractivity contribution in [2.75, 3.05) is 12.4 Å². The summed E-state index contributed by atoms with van der Waals surface area (Å²) in [7, 11) is 1.62. The van der Waals surface area contributed by atoms with Gasteiger partial charge in [0.15, 0.2) is 0 Å². The first kappa shape index (κ1) is 16.2. The minimum Gasteiger partial charge on any atom is -0.380 e. The van der Waals surface area contributed by atoms with E-state index in [1.165, 1.54) is 0 Å². The summed E-state index contributed by atoms with van der Waals surface area (Å²) < 4.78 is 5.08. The number of methoxy groups -OCH3 is 1. The second kappa shape index (κ2) is 7.27. The summed E-state index contributed by atoms with van der Waals surface area (Å²) in [5.41, 5.74) is 2.76. The van der Waals surface area contributed by atoms with E-state index in [1.54, 1.807) is 43.5 Å². The molecule has 0 bridgehead atoms. The molecular weight excluding hydrogens is 304 g/mol. The van der Waals surface area contributed by atoms with Crippen LogP contribution in [0.4, 0.5) is 5.69 Å². The Kier molecular flexibility index (Phi) is 4.91. The molecule has 1 fully saturated rings. The van der Waals surface area contributed by atoms with Crippen molar-refractivity contribution in [1.82, 2.24) is 5.32 Å². The minimum absolute atomic E-state index is 0.0670. The fraction of sp³-hybridized carbons (Fsp3) is 0.263.